The summed E-state index contributed by atoms with van der Waals surface area (Å²) in [6.45, 7) is 3.52. The lowest BCUT2D eigenvalue weighted by molar-refractivity contribution is -0.136. The number of amides is 3. The van der Waals surface area contributed by atoms with Crippen LogP contribution >= 0.6 is 11.3 Å². The summed E-state index contributed by atoms with van der Waals surface area (Å²) in [6.07, 6.45) is 1.28. The Labute approximate surface area is 187 Å². The number of thiophene rings is 1. The molecule has 2 aromatic rings. The number of carbonyl (C=O) groups excluding carboxylic acids is 2. The highest BCUT2D eigenvalue weighted by Gasteiger charge is 2.57. The van der Waals surface area contributed by atoms with Crippen molar-refractivity contribution >= 4 is 23.3 Å². The van der Waals surface area contributed by atoms with Crippen molar-refractivity contribution in [1.82, 2.24) is 14.7 Å². The van der Waals surface area contributed by atoms with E-state index in [0.29, 0.717) is 31.7 Å². The molecule has 7 nitrogen and oxygen atoms in total. The zero-order valence-electron chi connectivity index (χ0n) is 18.1. The van der Waals surface area contributed by atoms with E-state index >= 15 is 0 Å². The summed E-state index contributed by atoms with van der Waals surface area (Å²) < 4.78 is 10.5. The molecule has 1 aromatic heterocycles. The SMILES string of the molecule is COCCN1C(=O)N(Cc2cccc(OC)c2)C(=O)C12CCN(Cc1ccsc1)CC2. The summed E-state index contributed by atoms with van der Waals surface area (Å²) in [6, 6.07) is 9.43. The molecule has 1 spiro atoms. The van der Waals surface area contributed by atoms with Crippen LogP contribution in [0.5, 0.6) is 5.75 Å². The molecule has 2 aliphatic heterocycles. The van der Waals surface area contributed by atoms with Crippen LogP contribution in [0.1, 0.15) is 24.0 Å². The third-order valence-corrected chi connectivity index (χ3v) is 7.02. The van der Waals surface area contributed by atoms with Gasteiger partial charge in [-0.3, -0.25) is 14.6 Å². The number of ether oxygens (including phenoxy) is 2. The van der Waals surface area contributed by atoms with Crippen molar-refractivity contribution < 1.29 is 19.1 Å². The van der Waals surface area contributed by atoms with Crippen molar-refractivity contribution in [3.8, 4) is 5.75 Å². The second-order valence-corrected chi connectivity index (χ2v) is 8.89. The molecule has 2 fully saturated rings. The van der Waals surface area contributed by atoms with Gasteiger partial charge in [0, 0.05) is 33.3 Å². The minimum atomic E-state index is -0.778. The molecule has 166 valence electrons. The van der Waals surface area contributed by atoms with E-state index in [9.17, 15) is 9.59 Å². The lowest BCUT2D eigenvalue weighted by Gasteiger charge is -2.42. The van der Waals surface area contributed by atoms with Gasteiger partial charge >= 0.3 is 6.03 Å². The predicted molar refractivity (Wildman–Crippen MR) is 119 cm³/mol. The Kier molecular flexibility index (Phi) is 6.60. The monoisotopic (exact) mass is 443 g/mol. The number of piperidine rings is 1. The highest BCUT2D eigenvalue weighted by atomic mass is 32.1. The molecule has 8 heteroatoms. The van der Waals surface area contributed by atoms with Crippen molar-refractivity contribution in [1.29, 1.82) is 0 Å². The van der Waals surface area contributed by atoms with Gasteiger partial charge in [0.25, 0.3) is 5.91 Å². The van der Waals surface area contributed by atoms with Gasteiger partial charge in [-0.2, -0.15) is 11.3 Å². The van der Waals surface area contributed by atoms with Crippen LogP contribution in [0, 0.1) is 0 Å². The zero-order chi connectivity index (χ0) is 21.8. The first-order chi connectivity index (χ1) is 15.1. The van der Waals surface area contributed by atoms with E-state index in [2.05, 4.69) is 21.7 Å². The van der Waals surface area contributed by atoms with E-state index in [-0.39, 0.29) is 18.5 Å². The molecule has 0 N–H and O–H groups in total. The first-order valence-corrected chi connectivity index (χ1v) is 11.5. The highest BCUT2D eigenvalue weighted by molar-refractivity contribution is 7.07. The van der Waals surface area contributed by atoms with Gasteiger partial charge in [0.1, 0.15) is 11.3 Å². The molecule has 0 atom stereocenters. The zero-order valence-corrected chi connectivity index (χ0v) is 18.9. The van der Waals surface area contributed by atoms with E-state index in [1.165, 1.54) is 10.5 Å². The largest absolute Gasteiger partial charge is 0.497 e. The van der Waals surface area contributed by atoms with Gasteiger partial charge in [-0.25, -0.2) is 4.79 Å². The topological polar surface area (TPSA) is 62.3 Å². The first-order valence-electron chi connectivity index (χ1n) is 10.6. The van der Waals surface area contributed by atoms with Crippen molar-refractivity contribution in [2.24, 2.45) is 0 Å². The molecule has 0 bridgehead atoms. The van der Waals surface area contributed by atoms with E-state index < -0.39 is 5.54 Å². The number of urea groups is 1. The van der Waals surface area contributed by atoms with E-state index in [4.69, 9.17) is 9.47 Å². The molecule has 4 rings (SSSR count). The van der Waals surface area contributed by atoms with Crippen LogP contribution in [-0.2, 0) is 22.6 Å². The van der Waals surface area contributed by atoms with Crippen LogP contribution < -0.4 is 4.74 Å². The molecule has 0 unspecified atom stereocenters. The first kappa shape index (κ1) is 21.8. The Morgan fingerprint density at radius 1 is 1.06 bits per heavy atom. The summed E-state index contributed by atoms with van der Waals surface area (Å²) in [5.41, 5.74) is 1.39. The number of hydrogen-bond donors (Lipinski definition) is 0. The molecule has 0 radical (unpaired) electrons. The number of nitrogens with zero attached hydrogens (tertiary/aromatic N) is 3. The molecule has 0 aliphatic carbocycles. The van der Waals surface area contributed by atoms with Gasteiger partial charge in [-0.15, -0.1) is 0 Å². The number of likely N-dealkylation sites (tertiary alicyclic amines) is 1. The fraction of sp³-hybridized carbons (Fsp3) is 0.478. The lowest BCUT2D eigenvalue weighted by atomic mass is 9.85. The van der Waals surface area contributed by atoms with E-state index in [1.807, 2.05) is 24.3 Å². The second-order valence-electron chi connectivity index (χ2n) is 8.11. The Balaban J connectivity index is 1.52. The quantitative estimate of drug-likeness (QED) is 0.587. The maximum absolute atomic E-state index is 13.6. The minimum absolute atomic E-state index is 0.0911. The molecule has 3 amide bonds. The molecule has 2 aliphatic rings. The average Bonchev–Trinajstić information content (AvgIpc) is 3.36. The number of imide groups is 1. The summed E-state index contributed by atoms with van der Waals surface area (Å²) in [7, 11) is 3.23. The normalized spacial score (nSPS) is 18.9. The lowest BCUT2D eigenvalue weighted by Crippen LogP contribution is -2.57. The Bertz CT molecular complexity index is 909. The number of rotatable bonds is 8. The Morgan fingerprint density at radius 3 is 2.55 bits per heavy atom. The van der Waals surface area contributed by atoms with Gasteiger partial charge in [0.2, 0.25) is 0 Å². The fourth-order valence-corrected chi connectivity index (χ4v) is 5.23. The molecule has 0 saturated carbocycles. The van der Waals surface area contributed by atoms with Crippen molar-refractivity contribution in [3.63, 3.8) is 0 Å². The van der Waals surface area contributed by atoms with Gasteiger partial charge in [-0.1, -0.05) is 12.1 Å². The number of hydrogen-bond acceptors (Lipinski definition) is 6. The van der Waals surface area contributed by atoms with Crippen molar-refractivity contribution in [2.45, 2.75) is 31.5 Å². The predicted octanol–water partition coefficient (Wildman–Crippen LogP) is 3.20. The summed E-state index contributed by atoms with van der Waals surface area (Å²) in [4.78, 5) is 32.5. The summed E-state index contributed by atoms with van der Waals surface area (Å²) in [5.74, 6) is 0.621. The van der Waals surface area contributed by atoms with Gasteiger partial charge in [0.05, 0.1) is 20.3 Å². The molecule has 3 heterocycles. The van der Waals surface area contributed by atoms with Crippen molar-refractivity contribution in [3.05, 3.63) is 52.2 Å². The molecule has 2 saturated heterocycles. The second kappa shape index (κ2) is 9.38. The number of carbonyl (C=O) groups is 2. The Hall–Kier alpha value is -2.42. The third-order valence-electron chi connectivity index (χ3n) is 6.29. The summed E-state index contributed by atoms with van der Waals surface area (Å²) in [5, 5.41) is 4.25. The fourth-order valence-electron chi connectivity index (χ4n) is 4.57. The smallest absolute Gasteiger partial charge is 0.328 e. The highest BCUT2D eigenvalue weighted by Crippen LogP contribution is 2.38. The Morgan fingerprint density at radius 2 is 1.87 bits per heavy atom. The standard InChI is InChI=1S/C23H29N3O4S/c1-29-12-11-26-22(28)25(16-18-4-3-5-20(14-18)30-2)21(27)23(26)7-9-24(10-8-23)15-19-6-13-31-17-19/h3-6,13-14,17H,7-12,15-16H2,1-2H3. The summed E-state index contributed by atoms with van der Waals surface area (Å²) >= 11 is 1.70. The van der Waals surface area contributed by atoms with Crippen LogP contribution in [-0.4, -0.2) is 72.6 Å². The molecular formula is C23H29N3O4S. The van der Waals surface area contributed by atoms with Crippen molar-refractivity contribution in [2.75, 3.05) is 40.5 Å². The maximum Gasteiger partial charge on any atom is 0.328 e. The van der Waals surface area contributed by atoms with Gasteiger partial charge in [-0.05, 0) is 52.9 Å². The molecule has 1 aromatic carbocycles. The van der Waals surface area contributed by atoms with Gasteiger partial charge in [0.15, 0.2) is 0 Å². The molecule has 31 heavy (non-hydrogen) atoms. The number of benzene rings is 1. The minimum Gasteiger partial charge on any atom is -0.497 e. The van der Waals surface area contributed by atoms with E-state index in [0.717, 1.165) is 25.2 Å². The van der Waals surface area contributed by atoms with Crippen LogP contribution in [0.4, 0.5) is 4.79 Å². The van der Waals surface area contributed by atoms with Gasteiger partial charge < -0.3 is 14.4 Å². The van der Waals surface area contributed by atoms with Crippen LogP contribution in [0.2, 0.25) is 0 Å². The van der Waals surface area contributed by atoms with Crippen LogP contribution in [0.3, 0.4) is 0 Å². The maximum atomic E-state index is 13.6. The van der Waals surface area contributed by atoms with Crippen LogP contribution in [0.15, 0.2) is 41.1 Å². The van der Waals surface area contributed by atoms with E-state index in [1.54, 1.807) is 30.5 Å². The molecular weight excluding hydrogens is 414 g/mol. The van der Waals surface area contributed by atoms with Crippen LogP contribution in [0.25, 0.3) is 0 Å². The third kappa shape index (κ3) is 4.33. The number of methoxy groups -OCH3 is 2. The average molecular weight is 444 g/mol.